The van der Waals surface area contributed by atoms with Crippen molar-refractivity contribution in [1.82, 2.24) is 24.4 Å². The molecule has 1 fully saturated rings. The number of halogens is 1. The zero-order valence-corrected chi connectivity index (χ0v) is 15.1. The lowest BCUT2D eigenvalue weighted by atomic mass is 10.1. The number of rotatable bonds is 4. The minimum atomic E-state index is -0.444. The fourth-order valence-corrected chi connectivity index (χ4v) is 3.12. The number of carbonyl (C=O) groups excluding carboxylic acids is 1. The Balaban J connectivity index is 1.47. The van der Waals surface area contributed by atoms with Crippen LogP contribution in [0.3, 0.4) is 0 Å². The van der Waals surface area contributed by atoms with Crippen molar-refractivity contribution in [1.29, 1.82) is 0 Å². The molecule has 1 saturated heterocycles. The first-order valence-corrected chi connectivity index (χ1v) is 8.60. The fraction of sp³-hybridized carbons (Fsp3) is 0.263. The molecule has 4 rings (SSSR count). The van der Waals surface area contributed by atoms with E-state index in [2.05, 4.69) is 15.0 Å². The largest absolute Gasteiger partial charge is 0.350 e. The maximum Gasteiger partial charge on any atom is 0.274 e. The summed E-state index contributed by atoms with van der Waals surface area (Å²) in [7, 11) is 3.56. The lowest BCUT2D eigenvalue weighted by molar-refractivity contribution is 0.0699. The number of nitrogens with zero attached hydrogens (tertiary/aromatic N) is 6. The monoisotopic (exact) mass is 366 g/mol. The molecule has 0 atom stereocenters. The van der Waals surface area contributed by atoms with Gasteiger partial charge in [0.1, 0.15) is 17.7 Å². The number of amides is 1. The van der Waals surface area contributed by atoms with E-state index in [4.69, 9.17) is 0 Å². The number of hydrogen-bond acceptors (Lipinski definition) is 5. The van der Waals surface area contributed by atoms with Crippen LogP contribution in [0.1, 0.15) is 10.5 Å². The molecule has 0 bridgehead atoms. The highest BCUT2D eigenvalue weighted by atomic mass is 19.1. The van der Waals surface area contributed by atoms with Gasteiger partial charge in [-0.05, 0) is 0 Å². The smallest absolute Gasteiger partial charge is 0.274 e. The van der Waals surface area contributed by atoms with Crippen molar-refractivity contribution in [2.45, 2.75) is 6.04 Å². The van der Waals surface area contributed by atoms with Crippen LogP contribution in [0.5, 0.6) is 0 Å². The molecule has 0 radical (unpaired) electrons. The molecule has 0 saturated carbocycles. The second kappa shape index (κ2) is 6.79. The summed E-state index contributed by atoms with van der Waals surface area (Å²) in [5, 5.41) is 0. The standard InChI is InChI=1S/C19H19FN6O/c1-24-10-15(23-12-24)19(27)25(2)14-8-26(9-14)18-16(20)17(21-11-22-18)13-6-4-3-5-7-13/h3-7,10-12,14H,8-9H2,1-2H3. The van der Waals surface area contributed by atoms with E-state index in [0.29, 0.717) is 24.3 Å². The fourth-order valence-electron chi connectivity index (χ4n) is 3.12. The number of imidazole rings is 1. The van der Waals surface area contributed by atoms with Gasteiger partial charge in [0, 0.05) is 38.9 Å². The quantitative estimate of drug-likeness (QED) is 0.706. The van der Waals surface area contributed by atoms with Crippen LogP contribution >= 0.6 is 0 Å². The van der Waals surface area contributed by atoms with Crippen LogP contribution in [0, 0.1) is 5.82 Å². The molecule has 0 spiro atoms. The number of hydrogen-bond donors (Lipinski definition) is 0. The molecule has 0 aliphatic carbocycles. The number of aromatic nitrogens is 4. The highest BCUT2D eigenvalue weighted by Gasteiger charge is 2.36. The van der Waals surface area contributed by atoms with Crippen molar-refractivity contribution >= 4 is 11.7 Å². The molecule has 7 nitrogen and oxygen atoms in total. The molecule has 3 aromatic rings. The van der Waals surface area contributed by atoms with Crippen molar-refractivity contribution in [3.05, 3.63) is 60.7 Å². The molecule has 3 heterocycles. The Morgan fingerprint density at radius 1 is 1.19 bits per heavy atom. The second-order valence-corrected chi connectivity index (χ2v) is 6.63. The lowest BCUT2D eigenvalue weighted by Crippen LogP contribution is -2.60. The Kier molecular flexibility index (Phi) is 4.31. The van der Waals surface area contributed by atoms with E-state index in [1.165, 1.54) is 6.33 Å². The average Bonchev–Trinajstić information content (AvgIpc) is 3.08. The van der Waals surface area contributed by atoms with Crippen LogP contribution in [0.2, 0.25) is 0 Å². The van der Waals surface area contributed by atoms with Gasteiger partial charge in [0.15, 0.2) is 11.6 Å². The average molecular weight is 366 g/mol. The van der Waals surface area contributed by atoms with Gasteiger partial charge >= 0.3 is 0 Å². The third-order valence-corrected chi connectivity index (χ3v) is 4.77. The minimum Gasteiger partial charge on any atom is -0.350 e. The molecule has 0 unspecified atom stereocenters. The zero-order valence-electron chi connectivity index (χ0n) is 15.1. The minimum absolute atomic E-state index is 0.0194. The first-order valence-electron chi connectivity index (χ1n) is 8.60. The number of carbonyl (C=O) groups is 1. The number of benzene rings is 1. The molecule has 0 N–H and O–H groups in total. The summed E-state index contributed by atoms with van der Waals surface area (Å²) in [6.07, 6.45) is 4.65. The van der Waals surface area contributed by atoms with Crippen molar-refractivity contribution in [2.24, 2.45) is 7.05 Å². The van der Waals surface area contributed by atoms with Gasteiger partial charge in [-0.3, -0.25) is 4.79 Å². The maximum absolute atomic E-state index is 14.9. The van der Waals surface area contributed by atoms with Gasteiger partial charge < -0.3 is 14.4 Å². The molecule has 1 aliphatic rings. The van der Waals surface area contributed by atoms with Crippen LogP contribution in [-0.2, 0) is 7.05 Å². The predicted molar refractivity (Wildman–Crippen MR) is 98.7 cm³/mol. The Hall–Kier alpha value is -3.29. The van der Waals surface area contributed by atoms with Crippen molar-refractivity contribution < 1.29 is 9.18 Å². The van der Waals surface area contributed by atoms with Gasteiger partial charge in [-0.15, -0.1) is 0 Å². The van der Waals surface area contributed by atoms with Crippen LogP contribution in [0.4, 0.5) is 10.2 Å². The Labute approximate surface area is 156 Å². The van der Waals surface area contributed by atoms with Crippen molar-refractivity contribution in [2.75, 3.05) is 25.0 Å². The highest BCUT2D eigenvalue weighted by Crippen LogP contribution is 2.29. The summed E-state index contributed by atoms with van der Waals surface area (Å²) in [4.78, 5) is 28.2. The molecular formula is C19H19FN6O. The molecule has 27 heavy (non-hydrogen) atoms. The first kappa shape index (κ1) is 17.1. The summed E-state index contributed by atoms with van der Waals surface area (Å²) >= 11 is 0. The summed E-state index contributed by atoms with van der Waals surface area (Å²) in [6, 6.07) is 9.16. The number of anilines is 1. The molecule has 138 valence electrons. The summed E-state index contributed by atoms with van der Waals surface area (Å²) in [5.41, 5.74) is 1.39. The van der Waals surface area contributed by atoms with Crippen LogP contribution in [-0.4, -0.2) is 56.5 Å². The van der Waals surface area contributed by atoms with E-state index in [1.54, 1.807) is 29.0 Å². The van der Waals surface area contributed by atoms with Crippen molar-refractivity contribution in [3.8, 4) is 11.3 Å². The van der Waals surface area contributed by atoms with E-state index >= 15 is 0 Å². The van der Waals surface area contributed by atoms with Crippen LogP contribution in [0.25, 0.3) is 11.3 Å². The zero-order chi connectivity index (χ0) is 19.0. The van der Waals surface area contributed by atoms with E-state index < -0.39 is 5.82 Å². The molecular weight excluding hydrogens is 347 g/mol. The topological polar surface area (TPSA) is 67.2 Å². The normalized spacial score (nSPS) is 14.1. The highest BCUT2D eigenvalue weighted by molar-refractivity contribution is 5.92. The maximum atomic E-state index is 14.9. The Morgan fingerprint density at radius 3 is 2.59 bits per heavy atom. The molecule has 1 amide bonds. The molecule has 8 heteroatoms. The molecule has 1 aliphatic heterocycles. The SMILES string of the molecule is CN(C(=O)c1cn(C)cn1)C1CN(c2ncnc(-c3ccccc3)c2F)C1. The van der Waals surface area contributed by atoms with Gasteiger partial charge in [-0.25, -0.2) is 19.3 Å². The molecule has 1 aromatic carbocycles. The van der Waals surface area contributed by atoms with Gasteiger partial charge in [-0.2, -0.15) is 0 Å². The van der Waals surface area contributed by atoms with Gasteiger partial charge in [0.25, 0.3) is 5.91 Å². The predicted octanol–water partition coefficient (Wildman–Crippen LogP) is 1.98. The number of likely N-dealkylation sites (N-methyl/N-ethyl adjacent to an activating group) is 1. The van der Waals surface area contributed by atoms with E-state index in [-0.39, 0.29) is 23.5 Å². The van der Waals surface area contributed by atoms with Gasteiger partial charge in [-0.1, -0.05) is 30.3 Å². The van der Waals surface area contributed by atoms with E-state index in [1.807, 2.05) is 42.3 Å². The summed E-state index contributed by atoms with van der Waals surface area (Å²) in [6.45, 7) is 1.02. The van der Waals surface area contributed by atoms with E-state index in [0.717, 1.165) is 0 Å². The van der Waals surface area contributed by atoms with E-state index in [9.17, 15) is 9.18 Å². The van der Waals surface area contributed by atoms with Gasteiger partial charge in [0.2, 0.25) is 0 Å². The van der Waals surface area contributed by atoms with Crippen molar-refractivity contribution in [3.63, 3.8) is 0 Å². The summed E-state index contributed by atoms with van der Waals surface area (Å²) < 4.78 is 16.7. The second-order valence-electron chi connectivity index (χ2n) is 6.63. The van der Waals surface area contributed by atoms with Gasteiger partial charge in [0.05, 0.1) is 12.4 Å². The lowest BCUT2D eigenvalue weighted by Gasteiger charge is -2.44. The Bertz CT molecular complexity index is 967. The number of aryl methyl sites for hydroxylation is 1. The third kappa shape index (κ3) is 3.14. The van der Waals surface area contributed by atoms with Crippen LogP contribution in [0.15, 0.2) is 49.2 Å². The third-order valence-electron chi connectivity index (χ3n) is 4.77. The summed E-state index contributed by atoms with van der Waals surface area (Å²) in [5.74, 6) is -0.326. The molecule has 2 aromatic heterocycles. The van der Waals surface area contributed by atoms with Crippen LogP contribution < -0.4 is 4.90 Å². The first-order chi connectivity index (χ1) is 13.0. The Morgan fingerprint density at radius 2 is 1.93 bits per heavy atom.